The van der Waals surface area contributed by atoms with E-state index in [2.05, 4.69) is 208 Å². The van der Waals surface area contributed by atoms with E-state index in [1.165, 1.54) is 0 Å². The summed E-state index contributed by atoms with van der Waals surface area (Å²) in [6.07, 6.45) is 6.55. The quantitative estimate of drug-likeness (QED) is 0.375. The molecule has 0 bridgehead atoms. The summed E-state index contributed by atoms with van der Waals surface area (Å²) in [5.41, 5.74) is 0. The van der Waals surface area contributed by atoms with Gasteiger partial charge in [-0.25, -0.2) is 11.8 Å². The van der Waals surface area contributed by atoms with E-state index in [0.717, 1.165) is 0 Å². The first-order chi connectivity index (χ1) is 18.4. The smallest absolute Gasteiger partial charge is 0 e. The van der Waals surface area contributed by atoms with Gasteiger partial charge < -0.3 is 6.42 Å². The molecule has 0 spiro atoms. The summed E-state index contributed by atoms with van der Waals surface area (Å²) in [7, 11) is 0. The van der Waals surface area contributed by atoms with Crippen LogP contribution in [0, 0.1) is 221 Å². The molecule has 0 unspecified atom stereocenters. The first kappa shape index (κ1) is 28.9. The second-order valence-corrected chi connectivity index (χ2v) is 4.43. The Morgan fingerprint density at radius 1 is 0.216 bits per heavy atom. The first-order valence-corrected chi connectivity index (χ1v) is 9.10. The molecule has 0 saturated carbocycles. The number of rotatable bonds is 0. The van der Waals surface area contributed by atoms with Crippen molar-refractivity contribution in [2.45, 2.75) is 0 Å². The van der Waals surface area contributed by atoms with Crippen molar-refractivity contribution in [2.75, 3.05) is 0 Å². The average Bonchev–Trinajstić information content (AvgIpc) is 2.91. The molecule has 0 N–H and O–H groups in total. The second kappa shape index (κ2) is 28.0. The molecule has 152 valence electrons. The Hall–Kier alpha value is -8.05. The Morgan fingerprint density at radius 3 is 0.486 bits per heavy atom. The minimum absolute atomic E-state index is 1.87. The Kier molecular flexibility index (Phi) is 21.9. The van der Waals surface area contributed by atoms with E-state index in [1.807, 2.05) is 5.92 Å². The van der Waals surface area contributed by atoms with Crippen LogP contribution in [0.25, 0.3) is 0 Å². The highest BCUT2D eigenvalue weighted by molar-refractivity contribution is 5.49. The van der Waals surface area contributed by atoms with Crippen molar-refractivity contribution in [3.8, 4) is 207 Å². The maximum atomic E-state index is 6.55. The lowest BCUT2D eigenvalue weighted by Crippen LogP contribution is -1.57. The molecule has 0 fully saturated rings. The zero-order valence-electron chi connectivity index (χ0n) is 18.7. The molecule has 0 heterocycles. The summed E-state index contributed by atoms with van der Waals surface area (Å²) in [4.78, 5) is 0. The van der Waals surface area contributed by atoms with Gasteiger partial charge in [-0.1, -0.05) is 0 Å². The molecular formula is C37H2-2. The highest BCUT2D eigenvalue weighted by Crippen LogP contribution is 1.60. The van der Waals surface area contributed by atoms with E-state index < -0.39 is 0 Å². The van der Waals surface area contributed by atoms with Crippen molar-refractivity contribution in [1.82, 2.24) is 0 Å². The van der Waals surface area contributed by atoms with E-state index in [4.69, 9.17) is 6.42 Å². The molecule has 0 atom stereocenters. The predicted octanol–water partition coefficient (Wildman–Crippen LogP) is 0.468. The number of hydrogen-bond donors (Lipinski definition) is 0. The summed E-state index contributed by atoms with van der Waals surface area (Å²) < 4.78 is 0. The molecule has 0 saturated heterocycles. The van der Waals surface area contributed by atoms with Crippen molar-refractivity contribution < 1.29 is 0 Å². The van der Waals surface area contributed by atoms with Crippen molar-refractivity contribution in [2.24, 2.45) is 0 Å². The minimum atomic E-state index is 1.87. The third-order valence-electron chi connectivity index (χ3n) is 2.15. The topological polar surface area (TPSA) is 0 Å². The summed E-state index contributed by atoms with van der Waals surface area (Å²) in [6.45, 7) is 3.31. The Labute approximate surface area is 220 Å². The van der Waals surface area contributed by atoms with Crippen LogP contribution in [0.5, 0.6) is 0 Å². The minimum Gasteiger partial charge on any atom is -0.358 e. The van der Waals surface area contributed by atoms with Gasteiger partial charge in [0.1, 0.15) is 0 Å². The van der Waals surface area contributed by atoms with Crippen LogP contribution in [0.1, 0.15) is 0 Å². The monoisotopic (exact) mass is 446 g/mol. The van der Waals surface area contributed by atoms with E-state index >= 15 is 0 Å². The van der Waals surface area contributed by atoms with Crippen LogP contribution in [0.4, 0.5) is 0 Å². The lowest BCUT2D eigenvalue weighted by atomic mass is 10.4. The fraction of sp³-hybridized carbons (Fsp3) is 0. The fourth-order valence-electron chi connectivity index (χ4n) is 1.04. The van der Waals surface area contributed by atoms with Gasteiger partial charge in [-0.3, -0.25) is 11.8 Å². The molecular weight excluding hydrogens is 444 g/mol. The van der Waals surface area contributed by atoms with Gasteiger partial charge in [0.15, 0.2) is 0 Å². The third kappa shape index (κ3) is 27.9. The first-order valence-electron chi connectivity index (χ1n) is 9.10. The Bertz CT molecular complexity index is 2070. The molecule has 0 nitrogen and oxygen atoms in total. The van der Waals surface area contributed by atoms with E-state index in [0.29, 0.717) is 0 Å². The van der Waals surface area contributed by atoms with Crippen molar-refractivity contribution in [3.63, 3.8) is 0 Å². The summed E-state index contributed by atoms with van der Waals surface area (Å²) in [5, 5.41) is 0. The Balaban J connectivity index is 4.51. The van der Waals surface area contributed by atoms with Gasteiger partial charge in [0.05, 0.1) is 0 Å². The summed E-state index contributed by atoms with van der Waals surface area (Å²) in [5.74, 6) is 85.6. The van der Waals surface area contributed by atoms with Crippen LogP contribution in [0.2, 0.25) is 0 Å². The van der Waals surface area contributed by atoms with Crippen LogP contribution in [0.3, 0.4) is 0 Å². The van der Waals surface area contributed by atoms with Gasteiger partial charge in [-0.05, 0) is 94.7 Å². The predicted molar refractivity (Wildman–Crippen MR) is 145 cm³/mol. The van der Waals surface area contributed by atoms with Crippen molar-refractivity contribution in [1.29, 1.82) is 0 Å². The maximum absolute atomic E-state index is 6.55. The molecule has 0 aliphatic carbocycles. The molecule has 0 aromatic carbocycles. The van der Waals surface area contributed by atoms with Crippen LogP contribution < -0.4 is 0 Å². The van der Waals surface area contributed by atoms with Crippen LogP contribution in [-0.4, -0.2) is 0 Å². The van der Waals surface area contributed by atoms with Gasteiger partial charge in [-0.15, -0.1) is 11.8 Å². The lowest BCUT2D eigenvalue weighted by molar-refractivity contribution is 2.31. The van der Waals surface area contributed by atoms with Crippen LogP contribution >= 0.6 is 0 Å². The third-order valence-corrected chi connectivity index (χ3v) is 2.15. The molecule has 0 aromatic heterocycles. The molecule has 0 aromatic rings. The SMILES string of the molecule is [C-]#CC#CC#CC#CC#CC#CC#CC#CC#CC#CC#CC#CC#CC#CC#CC#CC#CC#C[CH2-]. The van der Waals surface area contributed by atoms with Gasteiger partial charge in [0.25, 0.3) is 0 Å². The standard InChI is InChI=1S/C37H2/c1-3-5-7-9-11-13-15-17-19-21-23-25-27-29-31-33-35-37-36-34-32-30-28-26-24-22-20-18-16-14-12-10-8-6-4-2/h1H2/q-2. The largest absolute Gasteiger partial charge is 0.358 e. The van der Waals surface area contributed by atoms with Crippen molar-refractivity contribution in [3.05, 3.63) is 13.3 Å². The molecule has 0 aliphatic heterocycles. The molecule has 0 radical (unpaired) electrons. The van der Waals surface area contributed by atoms with E-state index in [-0.39, 0.29) is 0 Å². The molecule has 0 heteroatoms. The summed E-state index contributed by atoms with van der Waals surface area (Å²) >= 11 is 0. The van der Waals surface area contributed by atoms with Crippen LogP contribution in [0.15, 0.2) is 0 Å². The molecule has 0 aliphatic rings. The van der Waals surface area contributed by atoms with Gasteiger partial charge >= 0.3 is 0 Å². The zero-order valence-corrected chi connectivity index (χ0v) is 18.7. The fourth-order valence-corrected chi connectivity index (χ4v) is 1.04. The lowest BCUT2D eigenvalue weighted by Gasteiger charge is -1.64. The van der Waals surface area contributed by atoms with Gasteiger partial charge in [0, 0.05) is 77.0 Å². The van der Waals surface area contributed by atoms with E-state index in [9.17, 15) is 0 Å². The molecule has 0 amide bonds. The zero-order chi connectivity index (χ0) is 26.7. The highest BCUT2D eigenvalue weighted by atomic mass is 13.6. The molecule has 0 rings (SSSR count). The normalized spacial score (nSPS) is 3.86. The highest BCUT2D eigenvalue weighted by Gasteiger charge is 1.60. The van der Waals surface area contributed by atoms with Crippen molar-refractivity contribution >= 4 is 0 Å². The van der Waals surface area contributed by atoms with E-state index in [1.54, 1.807) is 0 Å². The van der Waals surface area contributed by atoms with Crippen LogP contribution in [-0.2, 0) is 0 Å². The number of hydrogen-bond acceptors (Lipinski definition) is 0. The average molecular weight is 446 g/mol. The second-order valence-electron chi connectivity index (χ2n) is 4.43. The summed E-state index contributed by atoms with van der Waals surface area (Å²) in [6, 6.07) is 0. The maximum Gasteiger partial charge on any atom is 0 e. The molecule has 37 heavy (non-hydrogen) atoms. The van der Waals surface area contributed by atoms with Gasteiger partial charge in [0.2, 0.25) is 0 Å². The Morgan fingerprint density at radius 2 is 0.351 bits per heavy atom. The van der Waals surface area contributed by atoms with Gasteiger partial charge in [-0.2, -0.15) is 6.92 Å².